The molecule has 0 radical (unpaired) electrons. The molecule has 0 aliphatic carbocycles. The smallest absolute Gasteiger partial charge is 0.369 e. The highest BCUT2D eigenvalue weighted by molar-refractivity contribution is 5.80. The topological polar surface area (TPSA) is 42.9 Å². The van der Waals surface area contributed by atoms with Gasteiger partial charge in [0.05, 0.1) is 6.54 Å². The fourth-order valence-electron chi connectivity index (χ4n) is 3.01. The van der Waals surface area contributed by atoms with Gasteiger partial charge in [-0.15, -0.1) is 0 Å². The lowest BCUT2D eigenvalue weighted by Crippen LogP contribution is -2.46. The summed E-state index contributed by atoms with van der Waals surface area (Å²) in [7, 11) is 3.13. The molecule has 0 aromatic heterocycles. The Hall–Kier alpha value is -1.96. The van der Waals surface area contributed by atoms with Crippen LogP contribution >= 0.6 is 0 Å². The number of benzene rings is 1. The van der Waals surface area contributed by atoms with Crippen molar-refractivity contribution in [2.24, 2.45) is 4.99 Å². The van der Waals surface area contributed by atoms with Crippen molar-refractivity contribution in [3.63, 3.8) is 0 Å². The number of aryl methyl sites for hydroxylation is 1. The van der Waals surface area contributed by atoms with Gasteiger partial charge in [0.15, 0.2) is 5.96 Å². The second kappa shape index (κ2) is 9.12. The zero-order chi connectivity index (χ0) is 19.2. The number of alkyl halides is 3. The van der Waals surface area contributed by atoms with E-state index in [1.807, 2.05) is 0 Å². The summed E-state index contributed by atoms with van der Waals surface area (Å²) < 4.78 is 37.0. The molecule has 146 valence electrons. The Kier molecular flexibility index (Phi) is 7.14. The van der Waals surface area contributed by atoms with Crippen molar-refractivity contribution in [2.75, 3.05) is 51.7 Å². The number of hydrogen-bond donors (Lipinski definition) is 2. The molecule has 1 saturated heterocycles. The lowest BCUT2D eigenvalue weighted by Gasteiger charge is -2.22. The van der Waals surface area contributed by atoms with E-state index in [-0.39, 0.29) is 6.04 Å². The number of nitrogens with one attached hydrogen (secondary N) is 2. The molecule has 0 saturated carbocycles. The van der Waals surface area contributed by atoms with E-state index in [0.29, 0.717) is 19.0 Å². The summed E-state index contributed by atoms with van der Waals surface area (Å²) in [4.78, 5) is 7.73. The van der Waals surface area contributed by atoms with Gasteiger partial charge in [-0.3, -0.25) is 9.89 Å². The summed E-state index contributed by atoms with van der Waals surface area (Å²) in [5, 5.41) is 6.44. The molecule has 0 spiro atoms. The van der Waals surface area contributed by atoms with Crippen molar-refractivity contribution in [1.29, 1.82) is 0 Å². The molecule has 8 heteroatoms. The van der Waals surface area contributed by atoms with E-state index < -0.39 is 12.7 Å². The van der Waals surface area contributed by atoms with E-state index in [1.165, 1.54) is 23.2 Å². The molecule has 1 atom stereocenters. The van der Waals surface area contributed by atoms with Crippen LogP contribution in [0.15, 0.2) is 29.3 Å². The highest BCUT2D eigenvalue weighted by atomic mass is 19.4. The molecule has 1 aliphatic heterocycles. The number of nitrogens with zero attached hydrogens (tertiary/aromatic N) is 3. The average molecular weight is 371 g/mol. The van der Waals surface area contributed by atoms with Crippen LogP contribution in [0.25, 0.3) is 0 Å². The third-order valence-corrected chi connectivity index (χ3v) is 4.39. The molecule has 0 amide bonds. The number of aliphatic imine (C=N–C) groups is 1. The third kappa shape index (κ3) is 6.74. The van der Waals surface area contributed by atoms with Gasteiger partial charge in [0.25, 0.3) is 0 Å². The van der Waals surface area contributed by atoms with Gasteiger partial charge in [0.1, 0.15) is 0 Å². The van der Waals surface area contributed by atoms with E-state index >= 15 is 0 Å². The summed E-state index contributed by atoms with van der Waals surface area (Å²) in [6, 6.07) is 8.72. The van der Waals surface area contributed by atoms with Crippen LogP contribution in [0, 0.1) is 6.92 Å². The molecule has 1 aliphatic rings. The second-order valence-electron chi connectivity index (χ2n) is 6.76. The summed E-state index contributed by atoms with van der Waals surface area (Å²) in [6.45, 7) is 3.69. The zero-order valence-corrected chi connectivity index (χ0v) is 15.6. The van der Waals surface area contributed by atoms with Crippen molar-refractivity contribution >= 4 is 11.6 Å². The van der Waals surface area contributed by atoms with Crippen LogP contribution < -0.4 is 15.5 Å². The monoisotopic (exact) mass is 371 g/mol. The molecule has 1 aromatic rings. The van der Waals surface area contributed by atoms with E-state index in [2.05, 4.69) is 51.7 Å². The predicted molar refractivity (Wildman–Crippen MR) is 99.8 cm³/mol. The van der Waals surface area contributed by atoms with Crippen LogP contribution in [-0.2, 0) is 0 Å². The molecule has 1 fully saturated rings. The molecular formula is C18H28F3N5. The fraction of sp³-hybridized carbons (Fsp3) is 0.611. The first kappa shape index (κ1) is 20.4. The Labute approximate surface area is 153 Å². The van der Waals surface area contributed by atoms with E-state index in [0.717, 1.165) is 19.5 Å². The lowest BCUT2D eigenvalue weighted by molar-refractivity contribution is -0.142. The first-order valence-electron chi connectivity index (χ1n) is 8.81. The fourth-order valence-corrected chi connectivity index (χ4v) is 3.01. The van der Waals surface area contributed by atoms with Crippen LogP contribution in [0.4, 0.5) is 18.9 Å². The van der Waals surface area contributed by atoms with Crippen LogP contribution in [-0.4, -0.2) is 69.9 Å². The van der Waals surface area contributed by atoms with Crippen LogP contribution in [0.2, 0.25) is 0 Å². The van der Waals surface area contributed by atoms with Gasteiger partial charge >= 0.3 is 6.18 Å². The zero-order valence-electron chi connectivity index (χ0n) is 15.6. The first-order chi connectivity index (χ1) is 12.3. The predicted octanol–water partition coefficient (Wildman–Crippen LogP) is 2.23. The Morgan fingerprint density at radius 3 is 2.62 bits per heavy atom. The van der Waals surface area contributed by atoms with Gasteiger partial charge in [-0.1, -0.05) is 17.7 Å². The Morgan fingerprint density at radius 1 is 1.31 bits per heavy atom. The van der Waals surface area contributed by atoms with Gasteiger partial charge in [-0.2, -0.15) is 13.2 Å². The first-order valence-corrected chi connectivity index (χ1v) is 8.81. The van der Waals surface area contributed by atoms with E-state index in [1.54, 1.807) is 7.05 Å². The van der Waals surface area contributed by atoms with Gasteiger partial charge in [-0.25, -0.2) is 0 Å². The largest absolute Gasteiger partial charge is 0.401 e. The highest BCUT2D eigenvalue weighted by Crippen LogP contribution is 2.20. The quantitative estimate of drug-likeness (QED) is 0.595. The van der Waals surface area contributed by atoms with E-state index in [4.69, 9.17) is 0 Å². The summed E-state index contributed by atoms with van der Waals surface area (Å²) >= 11 is 0. The summed E-state index contributed by atoms with van der Waals surface area (Å²) in [5.41, 5.74) is 2.44. The maximum absolute atomic E-state index is 12.3. The molecule has 26 heavy (non-hydrogen) atoms. The van der Waals surface area contributed by atoms with Gasteiger partial charge in [-0.05, 0) is 32.5 Å². The molecule has 0 bridgehead atoms. The van der Waals surface area contributed by atoms with Crippen LogP contribution in [0.5, 0.6) is 0 Å². The van der Waals surface area contributed by atoms with Crippen molar-refractivity contribution in [3.05, 3.63) is 29.8 Å². The van der Waals surface area contributed by atoms with Crippen molar-refractivity contribution < 1.29 is 13.2 Å². The molecule has 1 aromatic carbocycles. The Balaban J connectivity index is 1.74. The highest BCUT2D eigenvalue weighted by Gasteiger charge is 2.29. The van der Waals surface area contributed by atoms with Gasteiger partial charge in [0.2, 0.25) is 0 Å². The summed E-state index contributed by atoms with van der Waals surface area (Å²) in [6.07, 6.45) is -3.18. The molecule has 2 rings (SSSR count). The Morgan fingerprint density at radius 2 is 2.00 bits per heavy atom. The molecular weight excluding hydrogens is 343 g/mol. The maximum atomic E-state index is 12.3. The van der Waals surface area contributed by atoms with Crippen LogP contribution in [0.1, 0.15) is 12.0 Å². The number of halogens is 3. The van der Waals surface area contributed by atoms with Crippen molar-refractivity contribution in [1.82, 2.24) is 15.5 Å². The third-order valence-electron chi connectivity index (χ3n) is 4.39. The SMILES string of the molecule is CN=C(NCCN(C)CC(F)(F)F)NC1CCN(c2ccc(C)cc2)C1. The molecule has 5 nitrogen and oxygen atoms in total. The standard InChI is InChI=1S/C18H28F3N5/c1-14-4-6-16(7-5-14)26-10-8-15(12-26)24-17(22-2)23-9-11-25(3)13-18(19,20)21/h4-7,15H,8-13H2,1-3H3,(H2,22,23,24). The van der Waals surface area contributed by atoms with Crippen molar-refractivity contribution in [3.8, 4) is 0 Å². The van der Waals surface area contributed by atoms with Crippen molar-refractivity contribution in [2.45, 2.75) is 25.6 Å². The average Bonchev–Trinajstić information content (AvgIpc) is 3.01. The number of anilines is 1. The van der Waals surface area contributed by atoms with Crippen LogP contribution in [0.3, 0.4) is 0 Å². The lowest BCUT2D eigenvalue weighted by atomic mass is 10.2. The van der Waals surface area contributed by atoms with Gasteiger partial charge in [0, 0.05) is 45.0 Å². The number of guanidine groups is 1. The number of rotatable bonds is 6. The Bertz CT molecular complexity index is 585. The minimum Gasteiger partial charge on any atom is -0.369 e. The van der Waals surface area contributed by atoms with Gasteiger partial charge < -0.3 is 15.5 Å². The normalized spacial score (nSPS) is 18.5. The van der Waals surface area contributed by atoms with E-state index in [9.17, 15) is 13.2 Å². The molecule has 1 heterocycles. The molecule has 2 N–H and O–H groups in total. The number of likely N-dealkylation sites (N-methyl/N-ethyl adjacent to an activating group) is 1. The summed E-state index contributed by atoms with van der Waals surface area (Å²) in [5.74, 6) is 0.626. The second-order valence-corrected chi connectivity index (χ2v) is 6.76. The minimum atomic E-state index is -4.17. The maximum Gasteiger partial charge on any atom is 0.401 e. The minimum absolute atomic E-state index is 0.260. The number of hydrogen-bond acceptors (Lipinski definition) is 3. The molecule has 1 unspecified atom stereocenters.